The lowest BCUT2D eigenvalue weighted by atomic mass is 10.1. The van der Waals surface area contributed by atoms with Crippen molar-refractivity contribution in [2.75, 3.05) is 6.61 Å². The molecule has 2 atom stereocenters. The van der Waals surface area contributed by atoms with Crippen molar-refractivity contribution >= 4 is 11.3 Å². The summed E-state index contributed by atoms with van der Waals surface area (Å²) in [6.07, 6.45) is 1.91. The topological polar surface area (TPSA) is 32.3 Å². The molecule has 0 saturated carbocycles. The minimum atomic E-state index is 0.291. The molecule has 0 fully saturated rings. The monoisotopic (exact) mass is 213 g/mol. The average Bonchev–Trinajstić information content (AvgIpc) is 2.67. The van der Waals surface area contributed by atoms with Crippen molar-refractivity contribution in [1.82, 2.24) is 5.32 Å². The van der Waals surface area contributed by atoms with Gasteiger partial charge < -0.3 is 10.4 Å². The smallest absolute Gasteiger partial charge is 0.0431 e. The standard InChI is InChI=1S/C11H19NOS/c1-9(5-3-7-13)12-10(2)11-6-4-8-14-11/h4,6,8-10,12-13H,3,5,7H2,1-2H3/t9-,10+/m0/s1. The Morgan fingerprint density at radius 3 is 2.86 bits per heavy atom. The van der Waals surface area contributed by atoms with Gasteiger partial charge in [-0.05, 0) is 38.1 Å². The Morgan fingerprint density at radius 1 is 1.50 bits per heavy atom. The maximum absolute atomic E-state index is 8.71. The molecule has 3 heteroatoms. The minimum Gasteiger partial charge on any atom is -0.396 e. The van der Waals surface area contributed by atoms with E-state index in [2.05, 4.69) is 36.7 Å². The summed E-state index contributed by atoms with van der Waals surface area (Å²) in [5, 5.41) is 14.3. The lowest BCUT2D eigenvalue weighted by molar-refractivity contribution is 0.274. The van der Waals surface area contributed by atoms with Crippen LogP contribution < -0.4 is 5.32 Å². The van der Waals surface area contributed by atoms with E-state index in [0.29, 0.717) is 18.7 Å². The molecule has 0 spiro atoms. The Morgan fingerprint density at radius 2 is 2.29 bits per heavy atom. The van der Waals surface area contributed by atoms with Crippen LogP contribution in [0, 0.1) is 0 Å². The van der Waals surface area contributed by atoms with Crippen LogP contribution in [-0.2, 0) is 0 Å². The van der Waals surface area contributed by atoms with Gasteiger partial charge >= 0.3 is 0 Å². The fourth-order valence-corrected chi connectivity index (χ4v) is 2.27. The zero-order chi connectivity index (χ0) is 10.4. The highest BCUT2D eigenvalue weighted by atomic mass is 32.1. The predicted octanol–water partition coefficient (Wildman–Crippen LogP) is 2.56. The lowest BCUT2D eigenvalue weighted by Gasteiger charge is -2.18. The molecule has 0 aliphatic carbocycles. The van der Waals surface area contributed by atoms with E-state index in [1.165, 1.54) is 4.88 Å². The zero-order valence-electron chi connectivity index (χ0n) is 8.86. The van der Waals surface area contributed by atoms with Crippen LogP contribution in [0.3, 0.4) is 0 Å². The Hall–Kier alpha value is -0.380. The SMILES string of the molecule is C[C@@H](CCCO)N[C@H](C)c1cccs1. The van der Waals surface area contributed by atoms with Crippen molar-refractivity contribution in [3.63, 3.8) is 0 Å². The number of hydrogen-bond acceptors (Lipinski definition) is 3. The first-order chi connectivity index (χ1) is 6.74. The molecule has 0 aliphatic rings. The second kappa shape index (κ2) is 6.17. The largest absolute Gasteiger partial charge is 0.396 e. The number of hydrogen-bond donors (Lipinski definition) is 2. The number of thiophene rings is 1. The molecule has 0 unspecified atom stereocenters. The average molecular weight is 213 g/mol. The maximum atomic E-state index is 8.71. The van der Waals surface area contributed by atoms with E-state index in [0.717, 1.165) is 12.8 Å². The van der Waals surface area contributed by atoms with E-state index in [9.17, 15) is 0 Å². The van der Waals surface area contributed by atoms with Gasteiger partial charge in [-0.15, -0.1) is 11.3 Å². The fraction of sp³-hybridized carbons (Fsp3) is 0.636. The van der Waals surface area contributed by atoms with Gasteiger partial charge in [-0.1, -0.05) is 6.07 Å². The second-order valence-corrected chi connectivity index (χ2v) is 4.65. The molecular formula is C11H19NOS. The molecule has 0 radical (unpaired) electrons. The quantitative estimate of drug-likeness (QED) is 0.761. The number of aliphatic hydroxyl groups excluding tert-OH is 1. The molecule has 0 bridgehead atoms. The van der Waals surface area contributed by atoms with Crippen LogP contribution in [0.15, 0.2) is 17.5 Å². The van der Waals surface area contributed by atoms with E-state index in [1.54, 1.807) is 11.3 Å². The van der Waals surface area contributed by atoms with Crippen molar-refractivity contribution in [2.24, 2.45) is 0 Å². The summed E-state index contributed by atoms with van der Waals surface area (Å²) in [5.74, 6) is 0. The first-order valence-electron chi connectivity index (χ1n) is 5.14. The van der Waals surface area contributed by atoms with Crippen molar-refractivity contribution in [1.29, 1.82) is 0 Å². The summed E-state index contributed by atoms with van der Waals surface area (Å²) in [7, 11) is 0. The lowest BCUT2D eigenvalue weighted by Crippen LogP contribution is -2.28. The highest BCUT2D eigenvalue weighted by Gasteiger charge is 2.09. The zero-order valence-corrected chi connectivity index (χ0v) is 9.68. The first-order valence-corrected chi connectivity index (χ1v) is 6.02. The van der Waals surface area contributed by atoms with Crippen molar-refractivity contribution < 1.29 is 5.11 Å². The van der Waals surface area contributed by atoms with Gasteiger partial charge in [0.15, 0.2) is 0 Å². The number of rotatable bonds is 6. The Bertz CT molecular complexity index is 235. The van der Waals surface area contributed by atoms with Crippen molar-refractivity contribution in [2.45, 2.75) is 38.8 Å². The third-order valence-electron chi connectivity index (χ3n) is 2.30. The Balaban J connectivity index is 2.29. The summed E-state index contributed by atoms with van der Waals surface area (Å²) < 4.78 is 0. The maximum Gasteiger partial charge on any atom is 0.0431 e. The van der Waals surface area contributed by atoms with Gasteiger partial charge in [0, 0.05) is 23.6 Å². The molecule has 0 saturated heterocycles. The normalized spacial score (nSPS) is 15.4. The molecule has 14 heavy (non-hydrogen) atoms. The molecule has 1 aromatic rings. The number of nitrogens with one attached hydrogen (secondary N) is 1. The molecule has 0 amide bonds. The van der Waals surface area contributed by atoms with Crippen LogP contribution in [0.4, 0.5) is 0 Å². The summed E-state index contributed by atoms with van der Waals surface area (Å²) in [6, 6.07) is 5.13. The van der Waals surface area contributed by atoms with E-state index in [-0.39, 0.29) is 0 Å². The second-order valence-electron chi connectivity index (χ2n) is 3.67. The van der Waals surface area contributed by atoms with Crippen LogP contribution in [0.25, 0.3) is 0 Å². The van der Waals surface area contributed by atoms with E-state index >= 15 is 0 Å². The molecule has 2 nitrogen and oxygen atoms in total. The van der Waals surface area contributed by atoms with Crippen LogP contribution in [0.2, 0.25) is 0 Å². The Kier molecular flexibility index (Phi) is 5.15. The van der Waals surface area contributed by atoms with E-state index in [1.807, 2.05) is 0 Å². The summed E-state index contributed by atoms with van der Waals surface area (Å²) >= 11 is 1.78. The van der Waals surface area contributed by atoms with Gasteiger partial charge in [0.1, 0.15) is 0 Å². The molecule has 0 aromatic carbocycles. The summed E-state index contributed by atoms with van der Waals surface area (Å²) in [4.78, 5) is 1.38. The highest BCUT2D eigenvalue weighted by Crippen LogP contribution is 2.19. The van der Waals surface area contributed by atoms with Gasteiger partial charge in [-0.3, -0.25) is 0 Å². The third kappa shape index (κ3) is 3.78. The summed E-state index contributed by atoms with van der Waals surface area (Å²) in [5.41, 5.74) is 0. The van der Waals surface area contributed by atoms with Gasteiger partial charge in [0.2, 0.25) is 0 Å². The van der Waals surface area contributed by atoms with Gasteiger partial charge in [-0.25, -0.2) is 0 Å². The molecule has 1 aromatic heterocycles. The van der Waals surface area contributed by atoms with Crippen LogP contribution in [0.5, 0.6) is 0 Å². The first kappa shape index (κ1) is 11.7. The molecule has 80 valence electrons. The molecule has 1 rings (SSSR count). The predicted molar refractivity (Wildman–Crippen MR) is 61.7 cm³/mol. The third-order valence-corrected chi connectivity index (χ3v) is 3.35. The highest BCUT2D eigenvalue weighted by molar-refractivity contribution is 7.10. The summed E-state index contributed by atoms with van der Waals surface area (Å²) in [6.45, 7) is 4.64. The van der Waals surface area contributed by atoms with Crippen molar-refractivity contribution in [3.8, 4) is 0 Å². The minimum absolute atomic E-state index is 0.291. The van der Waals surface area contributed by atoms with E-state index in [4.69, 9.17) is 5.11 Å². The molecule has 0 aliphatic heterocycles. The van der Waals surface area contributed by atoms with Crippen LogP contribution in [0.1, 0.15) is 37.6 Å². The van der Waals surface area contributed by atoms with Gasteiger partial charge in [0.05, 0.1) is 0 Å². The van der Waals surface area contributed by atoms with Gasteiger partial charge in [0.25, 0.3) is 0 Å². The molecule has 2 N–H and O–H groups in total. The van der Waals surface area contributed by atoms with Gasteiger partial charge in [-0.2, -0.15) is 0 Å². The number of aliphatic hydroxyl groups is 1. The van der Waals surface area contributed by atoms with E-state index < -0.39 is 0 Å². The molecule has 1 heterocycles. The fourth-order valence-electron chi connectivity index (χ4n) is 1.53. The Labute approximate surface area is 90.0 Å². The molecular weight excluding hydrogens is 194 g/mol. The van der Waals surface area contributed by atoms with Crippen molar-refractivity contribution in [3.05, 3.63) is 22.4 Å². The van der Waals surface area contributed by atoms with Crippen LogP contribution in [-0.4, -0.2) is 17.8 Å². The van der Waals surface area contributed by atoms with Crippen LogP contribution >= 0.6 is 11.3 Å².